The Bertz CT molecular complexity index is 19.7. The van der Waals surface area contributed by atoms with E-state index in [9.17, 15) is 0 Å². The Kier molecular flexibility index (Phi) is 3370. The van der Waals surface area contributed by atoms with Gasteiger partial charge in [0.15, 0.2) is 0 Å². The van der Waals surface area contributed by atoms with E-state index in [0.29, 0.717) is 0 Å². The van der Waals surface area contributed by atoms with Crippen molar-refractivity contribution in [3.8, 4) is 6.57 Å². The van der Waals surface area contributed by atoms with Crippen LogP contribution in [0, 0.1) is 11.8 Å². The number of hydrogen-bond acceptors (Lipinski definition) is 1. The van der Waals surface area contributed by atoms with Crippen LogP contribution in [0.5, 0.6) is 0 Å². The summed E-state index contributed by atoms with van der Waals surface area (Å²) in [4.78, 5) is 0. The number of rotatable bonds is 0. The quantitative estimate of drug-likeness (QED) is 0.275. The molecule has 0 fully saturated rings. The normalized spacial score (nSPS) is 0.333. The van der Waals surface area contributed by atoms with Crippen molar-refractivity contribution in [3.05, 3.63) is 0 Å². The summed E-state index contributed by atoms with van der Waals surface area (Å²) in [5.74, 6) is 0. The minimum Gasteiger partial charge on any atom is -1.00 e. The van der Waals surface area contributed by atoms with Crippen LogP contribution in [0.3, 0.4) is 0 Å². The molecule has 0 aliphatic carbocycles. The van der Waals surface area contributed by atoms with Gasteiger partial charge in [-0.15, -0.1) is 0 Å². The molecule has 0 unspecified atom stereocenters. The second kappa shape index (κ2) is 266. The van der Waals surface area contributed by atoms with Gasteiger partial charge in [-0.3, -0.25) is 0 Å². The van der Waals surface area contributed by atoms with Crippen molar-refractivity contribution < 1.29 is 31.0 Å². The van der Waals surface area contributed by atoms with Gasteiger partial charge < -0.3 is 1.43 Å². The zero-order valence-electron chi connectivity index (χ0n) is 4.76. The summed E-state index contributed by atoms with van der Waals surface area (Å²) >= 11 is 0. The Balaban J connectivity index is -0.000000000500. The molecule has 0 rings (SSSR count). The Morgan fingerprint density at radius 3 is 1.00 bits per heavy atom. The zero-order chi connectivity index (χ0) is 2.00. The predicted octanol–water partition coefficient (Wildman–Crippen LogP) is -3.89. The van der Waals surface area contributed by atoms with Crippen LogP contribution in [-0.4, -0.2) is 25.2 Å². The largest absolute Gasteiger partial charge is 1.00 e. The standard InChI is InChI=1S/CHN.3B.Na.H/c1-2;;;;;/h1H;;;;;/q;;;;+1;-1. The summed E-state index contributed by atoms with van der Waals surface area (Å²) in [5.41, 5.74) is 0. The fourth-order valence-corrected chi connectivity index (χ4v) is 0. The van der Waals surface area contributed by atoms with Crippen LogP contribution in [0.15, 0.2) is 0 Å². The summed E-state index contributed by atoms with van der Waals surface area (Å²) < 4.78 is 0. The van der Waals surface area contributed by atoms with E-state index >= 15 is 0 Å². The van der Waals surface area contributed by atoms with Crippen molar-refractivity contribution in [2.75, 3.05) is 0 Å². The van der Waals surface area contributed by atoms with Gasteiger partial charge >= 0.3 is 29.6 Å². The van der Waals surface area contributed by atoms with Crippen molar-refractivity contribution >= 4 is 25.2 Å². The molecule has 0 atom stereocenters. The Morgan fingerprint density at radius 1 is 1.00 bits per heavy atom. The van der Waals surface area contributed by atoms with E-state index in [2.05, 4.69) is 6.57 Å². The Hall–Kier alpha value is 0.685. The van der Waals surface area contributed by atoms with Crippen LogP contribution >= 0.6 is 0 Å². The smallest absolute Gasteiger partial charge is 1.00 e. The molecular weight excluding hydrogens is 81.4 g/mol. The van der Waals surface area contributed by atoms with Crippen LogP contribution in [0.2, 0.25) is 0 Å². The minimum atomic E-state index is 0. The average Bonchev–Trinajstić information content (AvgIpc) is 1.00. The van der Waals surface area contributed by atoms with Crippen molar-refractivity contribution in [1.29, 1.82) is 5.26 Å². The van der Waals surface area contributed by atoms with Gasteiger partial charge in [-0.05, 0) is 0 Å². The fraction of sp³-hybridized carbons (Fsp3) is 0. The maximum absolute atomic E-state index is 6.50. The number of hydrogen-bond donors (Lipinski definition) is 0. The molecular formula is CH2B3NNa. The minimum absolute atomic E-state index is 0. The van der Waals surface area contributed by atoms with Gasteiger partial charge in [-0.25, -0.2) is 5.26 Å². The first-order chi connectivity index (χ1) is 1.00. The van der Waals surface area contributed by atoms with Crippen LogP contribution in [0.25, 0.3) is 0 Å². The maximum atomic E-state index is 6.50. The van der Waals surface area contributed by atoms with E-state index in [1.165, 1.54) is 0 Å². The fourth-order valence-electron chi connectivity index (χ4n) is 0. The van der Waals surface area contributed by atoms with Gasteiger partial charge in [0.05, 0.1) is 0 Å². The molecule has 0 aliphatic heterocycles. The second-order valence-corrected chi connectivity index (χ2v) is 0. The van der Waals surface area contributed by atoms with E-state index in [-0.39, 0.29) is 56.2 Å². The van der Waals surface area contributed by atoms with Crippen LogP contribution in [-0.2, 0) is 0 Å². The van der Waals surface area contributed by atoms with Gasteiger partial charge in [0.1, 0.15) is 0 Å². The van der Waals surface area contributed by atoms with Gasteiger partial charge in [-0.1, -0.05) is 0 Å². The number of nitriles is 1. The first-order valence-corrected chi connectivity index (χ1v) is 0.258. The topological polar surface area (TPSA) is 23.8 Å². The molecule has 0 N–H and O–H groups in total. The molecule has 0 bridgehead atoms. The van der Waals surface area contributed by atoms with Gasteiger partial charge in [0.25, 0.3) is 0 Å². The first-order valence-electron chi connectivity index (χ1n) is 0.258. The third-order valence-corrected chi connectivity index (χ3v) is 0. The Labute approximate surface area is 68.0 Å². The maximum Gasteiger partial charge on any atom is 1.00 e. The Morgan fingerprint density at radius 2 is 1.00 bits per heavy atom. The molecule has 0 saturated carbocycles. The van der Waals surface area contributed by atoms with Crippen LogP contribution < -0.4 is 29.6 Å². The molecule has 0 aliphatic rings. The zero-order valence-corrected chi connectivity index (χ0v) is 5.76. The van der Waals surface area contributed by atoms with E-state index in [0.717, 1.165) is 0 Å². The molecule has 0 saturated heterocycles. The van der Waals surface area contributed by atoms with Crippen molar-refractivity contribution in [3.63, 3.8) is 0 Å². The molecule has 0 spiro atoms. The van der Waals surface area contributed by atoms with Crippen LogP contribution in [0.4, 0.5) is 0 Å². The molecule has 0 aromatic rings. The van der Waals surface area contributed by atoms with Gasteiger partial charge in [-0.2, -0.15) is 0 Å². The van der Waals surface area contributed by atoms with Crippen molar-refractivity contribution in [1.82, 2.24) is 0 Å². The second-order valence-electron chi connectivity index (χ2n) is 0. The summed E-state index contributed by atoms with van der Waals surface area (Å²) in [5, 5.41) is 6.50. The van der Waals surface area contributed by atoms with Crippen LogP contribution in [0.1, 0.15) is 1.43 Å². The van der Waals surface area contributed by atoms with E-state index < -0.39 is 0 Å². The van der Waals surface area contributed by atoms with E-state index in [1.54, 1.807) is 0 Å². The summed E-state index contributed by atoms with van der Waals surface area (Å²) in [7, 11) is 0. The van der Waals surface area contributed by atoms with Crippen molar-refractivity contribution in [2.24, 2.45) is 0 Å². The molecule has 1 nitrogen and oxygen atoms in total. The molecule has 0 heterocycles. The van der Waals surface area contributed by atoms with Gasteiger partial charge in [0, 0.05) is 31.8 Å². The van der Waals surface area contributed by atoms with Gasteiger partial charge in [0.2, 0.25) is 0 Å². The van der Waals surface area contributed by atoms with Crippen molar-refractivity contribution in [2.45, 2.75) is 0 Å². The third-order valence-electron chi connectivity index (χ3n) is 0. The van der Waals surface area contributed by atoms with E-state index in [1.807, 2.05) is 0 Å². The molecule has 9 radical (unpaired) electrons. The SMILES string of the molecule is C#N.[B].[B].[B].[H-].[Na+]. The summed E-state index contributed by atoms with van der Waals surface area (Å²) in [6.07, 6.45) is 0. The van der Waals surface area contributed by atoms with E-state index in [4.69, 9.17) is 5.26 Å². The molecule has 0 amide bonds. The molecule has 0 aromatic heterocycles. The summed E-state index contributed by atoms with van der Waals surface area (Å²) in [6, 6.07) is 0. The first kappa shape index (κ1) is 76.1. The predicted molar refractivity (Wildman–Crippen MR) is 25.0 cm³/mol. The molecule has 0 aromatic carbocycles. The third kappa shape index (κ3) is 136. The molecule has 5 heteroatoms. The molecule has 21 valence electrons. The molecule has 6 heavy (non-hydrogen) atoms. The monoisotopic (exact) mass is 84.0 g/mol. The average molecular weight is 83.5 g/mol. The summed E-state index contributed by atoms with van der Waals surface area (Å²) in [6.45, 7) is 3.50. The number of nitrogens with zero attached hydrogens (tertiary/aromatic N) is 1.